The Morgan fingerprint density at radius 1 is 1.13 bits per heavy atom. The van der Waals surface area contributed by atoms with Crippen molar-refractivity contribution >= 4 is 44.5 Å². The van der Waals surface area contributed by atoms with Crippen molar-refractivity contribution < 1.29 is 0 Å². The number of hydrogen-bond donors (Lipinski definition) is 1. The highest BCUT2D eigenvalue weighted by molar-refractivity contribution is 7.18. The Labute approximate surface area is 144 Å². The highest BCUT2D eigenvalue weighted by atomic mass is 35.5. The van der Waals surface area contributed by atoms with Gasteiger partial charge in [0.05, 0.1) is 5.39 Å². The second-order valence-corrected chi connectivity index (χ2v) is 7.17. The molecule has 4 nitrogen and oxygen atoms in total. The predicted octanol–water partition coefficient (Wildman–Crippen LogP) is 4.22. The fourth-order valence-corrected chi connectivity index (χ4v) is 4.30. The van der Waals surface area contributed by atoms with E-state index in [1.165, 1.54) is 11.3 Å². The molecule has 0 aliphatic heterocycles. The number of fused-ring (bicyclic) bond motifs is 1. The average molecular weight is 360 g/mol. The van der Waals surface area contributed by atoms with E-state index in [1.54, 1.807) is 35.6 Å². The van der Waals surface area contributed by atoms with Crippen LogP contribution in [0.2, 0.25) is 5.02 Å². The second kappa shape index (κ2) is 5.49. The molecule has 4 rings (SSSR count). The SMILES string of the molecule is Nn1c(-c2ccc(Cl)cc2)nc2scc(-c3cccs3)c2c1=O. The smallest absolute Gasteiger partial charge is 0.281 e. The number of aromatic nitrogens is 2. The molecule has 23 heavy (non-hydrogen) atoms. The van der Waals surface area contributed by atoms with Gasteiger partial charge in [0.2, 0.25) is 0 Å². The van der Waals surface area contributed by atoms with E-state index in [9.17, 15) is 4.79 Å². The lowest BCUT2D eigenvalue weighted by Crippen LogP contribution is -2.29. The first kappa shape index (κ1) is 14.4. The van der Waals surface area contributed by atoms with Crippen molar-refractivity contribution in [3.05, 3.63) is 62.5 Å². The molecule has 0 amide bonds. The summed E-state index contributed by atoms with van der Waals surface area (Å²) in [6.45, 7) is 0. The van der Waals surface area contributed by atoms with Gasteiger partial charge in [-0.25, -0.2) is 9.66 Å². The summed E-state index contributed by atoms with van der Waals surface area (Å²) in [5.74, 6) is 6.45. The molecule has 0 unspecified atom stereocenters. The lowest BCUT2D eigenvalue weighted by atomic mass is 10.2. The first-order valence-electron chi connectivity index (χ1n) is 6.74. The van der Waals surface area contributed by atoms with Crippen molar-refractivity contribution in [1.82, 2.24) is 9.66 Å². The van der Waals surface area contributed by atoms with E-state index in [0.717, 1.165) is 20.7 Å². The lowest BCUT2D eigenvalue weighted by Gasteiger charge is -2.08. The Kier molecular flexibility index (Phi) is 3.45. The molecular weight excluding hydrogens is 350 g/mol. The Morgan fingerprint density at radius 2 is 1.91 bits per heavy atom. The lowest BCUT2D eigenvalue weighted by molar-refractivity contribution is 0.930. The monoisotopic (exact) mass is 359 g/mol. The minimum atomic E-state index is -0.246. The molecule has 114 valence electrons. The second-order valence-electron chi connectivity index (χ2n) is 4.92. The minimum Gasteiger partial charge on any atom is -0.334 e. The maximum absolute atomic E-state index is 12.7. The zero-order chi connectivity index (χ0) is 16.0. The van der Waals surface area contributed by atoms with Crippen LogP contribution in [0.4, 0.5) is 0 Å². The molecule has 0 fully saturated rings. The molecule has 0 saturated heterocycles. The number of hydrogen-bond acceptors (Lipinski definition) is 5. The van der Waals surface area contributed by atoms with Crippen LogP contribution in [0.1, 0.15) is 0 Å². The fourth-order valence-electron chi connectivity index (χ4n) is 2.42. The molecule has 0 aliphatic carbocycles. The van der Waals surface area contributed by atoms with Crippen molar-refractivity contribution in [2.75, 3.05) is 5.84 Å². The van der Waals surface area contributed by atoms with Gasteiger partial charge in [0.25, 0.3) is 5.56 Å². The van der Waals surface area contributed by atoms with E-state index in [0.29, 0.717) is 21.1 Å². The largest absolute Gasteiger partial charge is 0.334 e. The minimum absolute atomic E-state index is 0.246. The van der Waals surface area contributed by atoms with Gasteiger partial charge in [-0.15, -0.1) is 22.7 Å². The summed E-state index contributed by atoms with van der Waals surface area (Å²) in [4.78, 5) is 19.1. The summed E-state index contributed by atoms with van der Waals surface area (Å²) in [6, 6.07) is 11.0. The van der Waals surface area contributed by atoms with Crippen LogP contribution in [-0.4, -0.2) is 9.66 Å². The van der Waals surface area contributed by atoms with Crippen LogP contribution < -0.4 is 11.4 Å². The Hall–Kier alpha value is -2.15. The van der Waals surface area contributed by atoms with Gasteiger partial charge >= 0.3 is 0 Å². The van der Waals surface area contributed by atoms with Crippen LogP contribution in [0.3, 0.4) is 0 Å². The third kappa shape index (κ3) is 2.35. The average Bonchev–Trinajstić information content (AvgIpc) is 3.20. The highest BCUT2D eigenvalue weighted by Crippen LogP contribution is 2.34. The van der Waals surface area contributed by atoms with E-state index in [1.807, 2.05) is 22.9 Å². The zero-order valence-corrected chi connectivity index (χ0v) is 14.1. The molecule has 4 aromatic rings. The summed E-state index contributed by atoms with van der Waals surface area (Å²) in [6.07, 6.45) is 0. The summed E-state index contributed by atoms with van der Waals surface area (Å²) in [5, 5.41) is 5.13. The van der Waals surface area contributed by atoms with Crippen molar-refractivity contribution in [2.45, 2.75) is 0 Å². The third-order valence-corrected chi connectivity index (χ3v) is 5.56. The molecule has 3 heterocycles. The summed E-state index contributed by atoms with van der Waals surface area (Å²) < 4.78 is 1.11. The van der Waals surface area contributed by atoms with E-state index in [2.05, 4.69) is 4.98 Å². The number of nitrogens with two attached hydrogens (primary N) is 1. The van der Waals surface area contributed by atoms with Crippen molar-refractivity contribution in [3.63, 3.8) is 0 Å². The van der Waals surface area contributed by atoms with Gasteiger partial charge in [-0.2, -0.15) is 0 Å². The molecular formula is C16H10ClN3OS2. The van der Waals surface area contributed by atoms with Crippen molar-refractivity contribution in [2.24, 2.45) is 0 Å². The quantitative estimate of drug-likeness (QED) is 0.545. The molecule has 0 atom stereocenters. The van der Waals surface area contributed by atoms with Gasteiger partial charge in [0, 0.05) is 26.4 Å². The van der Waals surface area contributed by atoms with Crippen molar-refractivity contribution in [1.29, 1.82) is 0 Å². The molecule has 2 N–H and O–H groups in total. The van der Waals surface area contributed by atoms with Crippen LogP contribution in [0.15, 0.2) is 52.0 Å². The van der Waals surface area contributed by atoms with E-state index >= 15 is 0 Å². The van der Waals surface area contributed by atoms with Crippen LogP contribution in [0.25, 0.3) is 32.0 Å². The van der Waals surface area contributed by atoms with Gasteiger partial charge in [0.1, 0.15) is 4.83 Å². The standard InChI is InChI=1S/C16H10ClN3OS2/c17-10-5-3-9(4-6-10)14-19-15-13(16(21)20(14)18)11(8-23-15)12-2-1-7-22-12/h1-8H,18H2. The zero-order valence-electron chi connectivity index (χ0n) is 11.7. The van der Waals surface area contributed by atoms with Gasteiger partial charge in [-0.05, 0) is 35.7 Å². The van der Waals surface area contributed by atoms with Crippen LogP contribution in [0, 0.1) is 0 Å². The normalized spacial score (nSPS) is 11.2. The van der Waals surface area contributed by atoms with E-state index in [4.69, 9.17) is 17.4 Å². The Morgan fingerprint density at radius 3 is 2.61 bits per heavy atom. The van der Waals surface area contributed by atoms with Crippen LogP contribution >= 0.6 is 34.3 Å². The predicted molar refractivity (Wildman–Crippen MR) is 97.8 cm³/mol. The van der Waals surface area contributed by atoms with Gasteiger partial charge in [-0.1, -0.05) is 17.7 Å². The van der Waals surface area contributed by atoms with Crippen LogP contribution in [0.5, 0.6) is 0 Å². The van der Waals surface area contributed by atoms with Gasteiger partial charge in [-0.3, -0.25) is 4.79 Å². The first-order valence-corrected chi connectivity index (χ1v) is 8.88. The molecule has 0 bridgehead atoms. The van der Waals surface area contributed by atoms with Gasteiger partial charge in [0.15, 0.2) is 5.82 Å². The van der Waals surface area contributed by atoms with E-state index in [-0.39, 0.29) is 5.56 Å². The number of halogens is 1. The molecule has 0 radical (unpaired) electrons. The number of thiophene rings is 2. The highest BCUT2D eigenvalue weighted by Gasteiger charge is 2.17. The number of nitrogen functional groups attached to an aromatic ring is 1. The fraction of sp³-hybridized carbons (Fsp3) is 0. The molecule has 3 aromatic heterocycles. The first-order chi connectivity index (χ1) is 11.1. The van der Waals surface area contributed by atoms with Crippen molar-refractivity contribution in [3.8, 4) is 21.8 Å². The third-order valence-electron chi connectivity index (χ3n) is 3.53. The molecule has 0 spiro atoms. The number of benzene rings is 1. The summed E-state index contributed by atoms with van der Waals surface area (Å²) in [7, 11) is 0. The molecule has 7 heteroatoms. The summed E-state index contributed by atoms with van der Waals surface area (Å²) in [5.41, 5.74) is 1.39. The maximum atomic E-state index is 12.7. The Bertz CT molecular complexity index is 1050. The molecule has 0 aliphatic rings. The van der Waals surface area contributed by atoms with E-state index < -0.39 is 0 Å². The van der Waals surface area contributed by atoms with Crippen LogP contribution in [-0.2, 0) is 0 Å². The number of nitrogens with zero attached hydrogens (tertiary/aromatic N) is 2. The topological polar surface area (TPSA) is 60.9 Å². The number of rotatable bonds is 2. The molecule has 1 aromatic carbocycles. The Balaban J connectivity index is 1.99. The van der Waals surface area contributed by atoms with Gasteiger partial charge < -0.3 is 5.84 Å². The molecule has 0 saturated carbocycles. The summed E-state index contributed by atoms with van der Waals surface area (Å²) >= 11 is 8.94. The maximum Gasteiger partial charge on any atom is 0.281 e.